The van der Waals surface area contributed by atoms with E-state index in [4.69, 9.17) is 9.47 Å². The van der Waals surface area contributed by atoms with Crippen molar-refractivity contribution in [3.05, 3.63) is 84.2 Å². The van der Waals surface area contributed by atoms with E-state index < -0.39 is 6.16 Å². The number of benzene rings is 2. The molecule has 30 heavy (non-hydrogen) atoms. The number of hydrogen-bond donors (Lipinski definition) is 2. The van der Waals surface area contributed by atoms with Crippen LogP contribution >= 0.6 is 0 Å². The minimum Gasteiger partial charge on any atom is -0.434 e. The Morgan fingerprint density at radius 2 is 1.33 bits per heavy atom. The predicted molar refractivity (Wildman–Crippen MR) is 111 cm³/mol. The third kappa shape index (κ3) is 5.41. The lowest BCUT2D eigenvalue weighted by Gasteiger charge is -2.12. The minimum atomic E-state index is -0.812. The van der Waals surface area contributed by atoms with Gasteiger partial charge < -0.3 is 20.1 Å². The Kier molecular flexibility index (Phi) is 6.73. The van der Waals surface area contributed by atoms with Crippen molar-refractivity contribution in [1.82, 2.24) is 4.98 Å². The number of rotatable bonds is 6. The molecule has 8 heteroatoms. The Labute approximate surface area is 172 Å². The summed E-state index contributed by atoms with van der Waals surface area (Å²) in [6, 6.07) is 16.1. The lowest BCUT2D eigenvalue weighted by molar-refractivity contribution is 0.101. The molecule has 2 amide bonds. The van der Waals surface area contributed by atoms with Gasteiger partial charge in [0, 0.05) is 23.5 Å². The number of hydrogen-bond acceptors (Lipinski definition) is 6. The van der Waals surface area contributed by atoms with Gasteiger partial charge in [0.05, 0.1) is 18.0 Å². The molecule has 0 radical (unpaired) electrons. The first-order valence-corrected chi connectivity index (χ1v) is 9.13. The molecule has 0 spiro atoms. The van der Waals surface area contributed by atoms with Crippen LogP contribution in [0.25, 0.3) is 0 Å². The van der Waals surface area contributed by atoms with Gasteiger partial charge in [0.1, 0.15) is 5.75 Å². The van der Waals surface area contributed by atoms with Crippen molar-refractivity contribution in [2.45, 2.75) is 6.92 Å². The largest absolute Gasteiger partial charge is 0.513 e. The van der Waals surface area contributed by atoms with Crippen molar-refractivity contribution >= 4 is 29.3 Å². The van der Waals surface area contributed by atoms with Crippen molar-refractivity contribution < 1.29 is 23.9 Å². The molecule has 0 aliphatic heterocycles. The van der Waals surface area contributed by atoms with Crippen molar-refractivity contribution in [2.75, 3.05) is 17.2 Å². The maximum Gasteiger partial charge on any atom is 0.513 e. The normalized spacial score (nSPS) is 10.0. The Bertz CT molecular complexity index is 1040. The van der Waals surface area contributed by atoms with E-state index in [1.165, 1.54) is 36.7 Å². The SMILES string of the molecule is CCOC(=O)Oc1ccc(C(=O)Nc2ccccc2NC(=O)c2ccncc2)cc1. The van der Waals surface area contributed by atoms with E-state index in [0.717, 1.165) is 0 Å². The van der Waals surface area contributed by atoms with Gasteiger partial charge in [-0.2, -0.15) is 0 Å². The van der Waals surface area contributed by atoms with Crippen LogP contribution in [-0.4, -0.2) is 29.6 Å². The average Bonchev–Trinajstić information content (AvgIpc) is 2.76. The number of nitrogens with zero attached hydrogens (tertiary/aromatic N) is 1. The highest BCUT2D eigenvalue weighted by atomic mass is 16.7. The molecule has 8 nitrogen and oxygen atoms in total. The summed E-state index contributed by atoms with van der Waals surface area (Å²) in [5.74, 6) is -0.446. The van der Waals surface area contributed by atoms with Crippen LogP contribution in [0.4, 0.5) is 16.2 Å². The fraction of sp³-hybridized carbons (Fsp3) is 0.0909. The molecule has 0 saturated carbocycles. The van der Waals surface area contributed by atoms with Crippen LogP contribution in [0.3, 0.4) is 0 Å². The molecule has 2 N–H and O–H groups in total. The molecule has 1 aromatic heterocycles. The molecule has 152 valence electrons. The summed E-state index contributed by atoms with van der Waals surface area (Å²) in [4.78, 5) is 40.2. The third-order valence-electron chi connectivity index (χ3n) is 3.95. The second-order valence-electron chi connectivity index (χ2n) is 6.00. The van der Waals surface area contributed by atoms with E-state index in [1.54, 1.807) is 43.3 Å². The first-order valence-electron chi connectivity index (χ1n) is 9.13. The number of carbonyl (C=O) groups excluding carboxylic acids is 3. The fourth-order valence-corrected chi connectivity index (χ4v) is 2.51. The predicted octanol–water partition coefficient (Wildman–Crippen LogP) is 4.12. The topological polar surface area (TPSA) is 107 Å². The van der Waals surface area contributed by atoms with Gasteiger partial charge in [-0.25, -0.2) is 4.79 Å². The average molecular weight is 405 g/mol. The second kappa shape index (κ2) is 9.83. The summed E-state index contributed by atoms with van der Waals surface area (Å²) in [6.07, 6.45) is 2.24. The van der Waals surface area contributed by atoms with Crippen LogP contribution in [0.5, 0.6) is 5.75 Å². The lowest BCUT2D eigenvalue weighted by atomic mass is 10.2. The zero-order valence-electron chi connectivity index (χ0n) is 16.1. The minimum absolute atomic E-state index is 0.205. The molecule has 0 unspecified atom stereocenters. The molecule has 2 aromatic carbocycles. The summed E-state index contributed by atoms with van der Waals surface area (Å²) in [6.45, 7) is 1.88. The number of para-hydroxylation sites is 2. The molecule has 0 aliphatic rings. The summed E-state index contributed by atoms with van der Waals surface area (Å²) >= 11 is 0. The van der Waals surface area contributed by atoms with Crippen LogP contribution in [0.2, 0.25) is 0 Å². The molecule has 1 heterocycles. The van der Waals surface area contributed by atoms with E-state index >= 15 is 0 Å². The molecular formula is C22H19N3O5. The quantitative estimate of drug-likeness (QED) is 0.472. The third-order valence-corrected chi connectivity index (χ3v) is 3.95. The Hall–Kier alpha value is -4.20. The molecule has 0 atom stereocenters. The van der Waals surface area contributed by atoms with Crippen LogP contribution in [0.1, 0.15) is 27.6 Å². The van der Waals surface area contributed by atoms with Crippen LogP contribution < -0.4 is 15.4 Å². The molecule has 0 saturated heterocycles. The van der Waals surface area contributed by atoms with Crippen LogP contribution in [-0.2, 0) is 4.74 Å². The lowest BCUT2D eigenvalue weighted by Crippen LogP contribution is -2.17. The van der Waals surface area contributed by atoms with Gasteiger partial charge in [0.2, 0.25) is 0 Å². The molecular weight excluding hydrogens is 386 g/mol. The summed E-state index contributed by atoms with van der Waals surface area (Å²) in [5, 5.41) is 5.54. The standard InChI is InChI=1S/C22H19N3O5/c1-2-29-22(28)30-17-9-7-15(8-10-17)20(26)24-18-5-3-4-6-19(18)25-21(27)16-11-13-23-14-12-16/h3-14H,2H2,1H3,(H,24,26)(H,25,27). The number of ether oxygens (including phenoxy) is 2. The van der Waals surface area contributed by atoms with E-state index in [0.29, 0.717) is 22.5 Å². The smallest absolute Gasteiger partial charge is 0.434 e. The Morgan fingerprint density at radius 3 is 1.87 bits per heavy atom. The first-order chi connectivity index (χ1) is 14.6. The number of carbonyl (C=O) groups is 3. The Balaban J connectivity index is 1.68. The monoisotopic (exact) mass is 405 g/mol. The maximum absolute atomic E-state index is 12.6. The molecule has 0 bridgehead atoms. The summed E-state index contributed by atoms with van der Waals surface area (Å²) in [7, 11) is 0. The van der Waals surface area contributed by atoms with E-state index in [1.807, 2.05) is 0 Å². The fourth-order valence-electron chi connectivity index (χ4n) is 2.51. The van der Waals surface area contributed by atoms with Crippen LogP contribution in [0, 0.1) is 0 Å². The highest BCUT2D eigenvalue weighted by Gasteiger charge is 2.13. The number of aromatic nitrogens is 1. The van der Waals surface area contributed by atoms with Gasteiger partial charge in [0.25, 0.3) is 11.8 Å². The summed E-state index contributed by atoms with van der Waals surface area (Å²) in [5.41, 5.74) is 1.69. The van der Waals surface area contributed by atoms with Gasteiger partial charge in [-0.05, 0) is 55.5 Å². The van der Waals surface area contributed by atoms with Gasteiger partial charge in [0.15, 0.2) is 0 Å². The molecule has 0 aliphatic carbocycles. The molecule has 3 aromatic rings. The number of anilines is 2. The zero-order chi connectivity index (χ0) is 21.3. The summed E-state index contributed by atoms with van der Waals surface area (Å²) < 4.78 is 9.67. The van der Waals surface area contributed by atoms with Crippen molar-refractivity contribution in [3.8, 4) is 5.75 Å². The van der Waals surface area contributed by atoms with Gasteiger partial charge in [-0.1, -0.05) is 12.1 Å². The van der Waals surface area contributed by atoms with E-state index in [2.05, 4.69) is 15.6 Å². The second-order valence-corrected chi connectivity index (χ2v) is 6.00. The van der Waals surface area contributed by atoms with E-state index in [9.17, 15) is 14.4 Å². The number of pyridine rings is 1. The highest BCUT2D eigenvalue weighted by molar-refractivity contribution is 6.09. The maximum atomic E-state index is 12.6. The number of nitrogens with one attached hydrogen (secondary N) is 2. The Morgan fingerprint density at radius 1 is 0.800 bits per heavy atom. The van der Waals surface area contributed by atoms with Crippen molar-refractivity contribution in [2.24, 2.45) is 0 Å². The first kappa shape index (κ1) is 20.5. The highest BCUT2D eigenvalue weighted by Crippen LogP contribution is 2.23. The van der Waals surface area contributed by atoms with Gasteiger partial charge in [-0.3, -0.25) is 14.6 Å². The van der Waals surface area contributed by atoms with Gasteiger partial charge >= 0.3 is 6.16 Å². The van der Waals surface area contributed by atoms with Crippen molar-refractivity contribution in [3.63, 3.8) is 0 Å². The van der Waals surface area contributed by atoms with Gasteiger partial charge in [-0.15, -0.1) is 0 Å². The van der Waals surface area contributed by atoms with E-state index in [-0.39, 0.29) is 24.2 Å². The number of amides is 2. The molecule has 0 fully saturated rings. The zero-order valence-corrected chi connectivity index (χ0v) is 16.1. The van der Waals surface area contributed by atoms with Crippen molar-refractivity contribution in [1.29, 1.82) is 0 Å². The molecule has 3 rings (SSSR count). The van der Waals surface area contributed by atoms with Crippen LogP contribution in [0.15, 0.2) is 73.1 Å².